The molecule has 25 heavy (non-hydrogen) atoms. The van der Waals surface area contributed by atoms with Crippen LogP contribution in [0.15, 0.2) is 54.9 Å². The molecule has 3 aromatic rings. The average molecular weight is 333 g/mol. The second-order valence-corrected chi connectivity index (χ2v) is 5.21. The van der Waals surface area contributed by atoms with Crippen molar-refractivity contribution in [3.8, 4) is 18.0 Å². The molecule has 0 atom stereocenters. The SMILES string of the molecule is C#CCNC(=O)COC(=O)c1ccc(-n2cnc3ccccc32)cc1. The zero-order chi connectivity index (χ0) is 17.6. The number of nitrogens with zero attached hydrogens (tertiary/aromatic N) is 2. The van der Waals surface area contributed by atoms with E-state index in [9.17, 15) is 9.59 Å². The maximum absolute atomic E-state index is 12.0. The van der Waals surface area contributed by atoms with Gasteiger partial charge in [0.25, 0.3) is 5.91 Å². The van der Waals surface area contributed by atoms with Crippen LogP contribution in [0.2, 0.25) is 0 Å². The van der Waals surface area contributed by atoms with Gasteiger partial charge in [-0.2, -0.15) is 0 Å². The molecule has 2 aromatic carbocycles. The molecule has 0 radical (unpaired) electrons. The predicted octanol–water partition coefficient (Wildman–Crippen LogP) is 1.93. The molecule has 0 spiro atoms. The number of esters is 1. The highest BCUT2D eigenvalue weighted by molar-refractivity contribution is 5.91. The molecule has 124 valence electrons. The van der Waals surface area contributed by atoms with Crippen molar-refractivity contribution < 1.29 is 14.3 Å². The number of carbonyl (C=O) groups excluding carboxylic acids is 2. The average Bonchev–Trinajstić information content (AvgIpc) is 3.08. The fourth-order valence-electron chi connectivity index (χ4n) is 2.34. The summed E-state index contributed by atoms with van der Waals surface area (Å²) >= 11 is 0. The number of carbonyl (C=O) groups is 2. The number of hydrogen-bond donors (Lipinski definition) is 1. The summed E-state index contributed by atoms with van der Waals surface area (Å²) in [6, 6.07) is 14.7. The van der Waals surface area contributed by atoms with Crippen LogP contribution in [0.3, 0.4) is 0 Å². The van der Waals surface area contributed by atoms with Gasteiger partial charge < -0.3 is 10.1 Å². The number of hydrogen-bond acceptors (Lipinski definition) is 4. The van der Waals surface area contributed by atoms with Gasteiger partial charge in [0, 0.05) is 5.69 Å². The number of terminal acetylenes is 1. The molecule has 0 aliphatic heterocycles. The van der Waals surface area contributed by atoms with Crippen molar-refractivity contribution in [1.82, 2.24) is 14.9 Å². The van der Waals surface area contributed by atoms with Crippen molar-refractivity contribution in [2.75, 3.05) is 13.2 Å². The number of nitrogens with one attached hydrogen (secondary N) is 1. The van der Waals surface area contributed by atoms with E-state index in [-0.39, 0.29) is 13.2 Å². The molecule has 1 aromatic heterocycles. The highest BCUT2D eigenvalue weighted by Gasteiger charge is 2.10. The summed E-state index contributed by atoms with van der Waals surface area (Å²) in [6.45, 7) is -0.266. The maximum Gasteiger partial charge on any atom is 0.338 e. The first-order valence-electron chi connectivity index (χ1n) is 7.59. The van der Waals surface area contributed by atoms with Crippen molar-refractivity contribution in [2.45, 2.75) is 0 Å². The Morgan fingerprint density at radius 3 is 2.68 bits per heavy atom. The van der Waals surface area contributed by atoms with Crippen molar-refractivity contribution >= 4 is 22.9 Å². The van der Waals surface area contributed by atoms with E-state index in [2.05, 4.69) is 16.2 Å². The topological polar surface area (TPSA) is 73.2 Å². The maximum atomic E-state index is 12.0. The number of rotatable bonds is 5. The lowest BCUT2D eigenvalue weighted by Gasteiger charge is -2.07. The van der Waals surface area contributed by atoms with E-state index in [1.54, 1.807) is 30.6 Å². The molecular weight excluding hydrogens is 318 g/mol. The molecule has 3 rings (SSSR count). The summed E-state index contributed by atoms with van der Waals surface area (Å²) in [5.74, 6) is 1.26. The Kier molecular flexibility index (Phi) is 4.77. The third kappa shape index (κ3) is 3.67. The van der Waals surface area contributed by atoms with Crippen molar-refractivity contribution in [2.24, 2.45) is 0 Å². The number of amides is 1. The fourth-order valence-corrected chi connectivity index (χ4v) is 2.34. The van der Waals surface area contributed by atoms with Gasteiger partial charge in [-0.05, 0) is 36.4 Å². The molecule has 6 nitrogen and oxygen atoms in total. The molecule has 0 bridgehead atoms. The second-order valence-electron chi connectivity index (χ2n) is 5.21. The lowest BCUT2D eigenvalue weighted by Crippen LogP contribution is -2.28. The first-order chi connectivity index (χ1) is 12.2. The van der Waals surface area contributed by atoms with Gasteiger partial charge >= 0.3 is 5.97 Å². The number of aromatic nitrogens is 2. The smallest absolute Gasteiger partial charge is 0.338 e. The Hall–Kier alpha value is -3.59. The van der Waals surface area contributed by atoms with E-state index in [4.69, 9.17) is 11.2 Å². The highest BCUT2D eigenvalue weighted by Crippen LogP contribution is 2.18. The van der Waals surface area contributed by atoms with E-state index >= 15 is 0 Å². The van der Waals surface area contributed by atoms with E-state index < -0.39 is 11.9 Å². The third-order valence-corrected chi connectivity index (χ3v) is 3.56. The Morgan fingerprint density at radius 2 is 1.92 bits per heavy atom. The van der Waals surface area contributed by atoms with Crippen LogP contribution in [0.25, 0.3) is 16.7 Å². The van der Waals surface area contributed by atoms with Crippen LogP contribution in [0.4, 0.5) is 0 Å². The molecule has 1 N–H and O–H groups in total. The van der Waals surface area contributed by atoms with Crippen molar-refractivity contribution in [1.29, 1.82) is 0 Å². The summed E-state index contributed by atoms with van der Waals surface area (Å²) in [5, 5.41) is 2.42. The van der Waals surface area contributed by atoms with Crippen LogP contribution >= 0.6 is 0 Å². The van der Waals surface area contributed by atoms with Gasteiger partial charge in [-0.25, -0.2) is 9.78 Å². The van der Waals surface area contributed by atoms with Crippen molar-refractivity contribution in [3.63, 3.8) is 0 Å². The van der Waals surface area contributed by atoms with E-state index in [1.165, 1.54) is 0 Å². The number of imidazole rings is 1. The van der Waals surface area contributed by atoms with Gasteiger partial charge in [-0.1, -0.05) is 18.1 Å². The second kappa shape index (κ2) is 7.32. The Labute approximate surface area is 144 Å². The molecule has 1 heterocycles. The summed E-state index contributed by atoms with van der Waals surface area (Å²) in [5.41, 5.74) is 3.10. The van der Waals surface area contributed by atoms with Crippen molar-refractivity contribution in [3.05, 3.63) is 60.4 Å². The monoisotopic (exact) mass is 333 g/mol. The molecule has 0 aliphatic carbocycles. The molecule has 6 heteroatoms. The van der Waals surface area contributed by atoms with Crippen LogP contribution in [0, 0.1) is 12.3 Å². The largest absolute Gasteiger partial charge is 0.452 e. The highest BCUT2D eigenvalue weighted by atomic mass is 16.5. The zero-order valence-corrected chi connectivity index (χ0v) is 13.3. The van der Waals surface area contributed by atoms with Gasteiger partial charge in [0.1, 0.15) is 6.33 Å². The van der Waals surface area contributed by atoms with Crippen LogP contribution < -0.4 is 5.32 Å². The van der Waals surface area contributed by atoms with Gasteiger partial charge in [0.15, 0.2) is 6.61 Å². The summed E-state index contributed by atoms with van der Waals surface area (Å²) in [6.07, 6.45) is 6.76. The quantitative estimate of drug-likeness (QED) is 0.572. The lowest BCUT2D eigenvalue weighted by molar-refractivity contribution is -0.123. The summed E-state index contributed by atoms with van der Waals surface area (Å²) in [7, 11) is 0. The minimum absolute atomic E-state index is 0.101. The van der Waals surface area contributed by atoms with Crippen LogP contribution in [0.5, 0.6) is 0 Å². The fraction of sp³-hybridized carbons (Fsp3) is 0.105. The summed E-state index contributed by atoms with van der Waals surface area (Å²) in [4.78, 5) is 27.7. The first-order valence-corrected chi connectivity index (χ1v) is 7.59. The van der Waals surface area contributed by atoms with Crippen LogP contribution in [0.1, 0.15) is 10.4 Å². The van der Waals surface area contributed by atoms with E-state index in [0.29, 0.717) is 5.56 Å². The van der Waals surface area contributed by atoms with E-state index in [1.807, 2.05) is 28.8 Å². The molecule has 0 fully saturated rings. The zero-order valence-electron chi connectivity index (χ0n) is 13.3. The van der Waals surface area contributed by atoms with Gasteiger partial charge in [-0.15, -0.1) is 6.42 Å². The van der Waals surface area contributed by atoms with Gasteiger partial charge in [0.2, 0.25) is 0 Å². The number of benzene rings is 2. The Bertz CT molecular complexity index is 952. The molecule has 0 aliphatic rings. The minimum atomic E-state index is -0.571. The predicted molar refractivity (Wildman–Crippen MR) is 93.2 cm³/mol. The number of fused-ring (bicyclic) bond motifs is 1. The minimum Gasteiger partial charge on any atom is -0.452 e. The third-order valence-electron chi connectivity index (χ3n) is 3.56. The van der Waals surface area contributed by atoms with Gasteiger partial charge in [0.05, 0.1) is 23.1 Å². The Balaban J connectivity index is 1.69. The molecule has 0 saturated heterocycles. The molecule has 1 amide bonds. The normalized spacial score (nSPS) is 10.2. The Morgan fingerprint density at radius 1 is 1.16 bits per heavy atom. The van der Waals surface area contributed by atoms with Crippen LogP contribution in [-0.4, -0.2) is 34.6 Å². The summed E-state index contributed by atoms with van der Waals surface area (Å²) < 4.78 is 6.88. The number of ether oxygens (including phenoxy) is 1. The molecular formula is C19H15N3O3. The van der Waals surface area contributed by atoms with Crippen LogP contribution in [-0.2, 0) is 9.53 Å². The molecule has 0 unspecified atom stereocenters. The lowest BCUT2D eigenvalue weighted by atomic mass is 10.2. The first kappa shape index (κ1) is 16.3. The number of para-hydroxylation sites is 2. The standard InChI is InChI=1S/C19H15N3O3/c1-2-11-20-18(23)12-25-19(24)14-7-9-15(10-8-14)22-13-21-16-5-3-4-6-17(16)22/h1,3-10,13H,11-12H2,(H,20,23). The van der Waals surface area contributed by atoms with Gasteiger partial charge in [-0.3, -0.25) is 9.36 Å². The molecule has 0 saturated carbocycles. The van der Waals surface area contributed by atoms with E-state index in [0.717, 1.165) is 16.7 Å².